The van der Waals surface area contributed by atoms with Crippen molar-refractivity contribution in [2.45, 2.75) is 45.1 Å². The highest BCUT2D eigenvalue weighted by Gasteiger charge is 2.28. The van der Waals surface area contributed by atoms with Crippen molar-refractivity contribution in [3.63, 3.8) is 0 Å². The lowest BCUT2D eigenvalue weighted by Crippen LogP contribution is -2.26. The summed E-state index contributed by atoms with van der Waals surface area (Å²) in [6.07, 6.45) is 3.48. The smallest absolute Gasteiger partial charge is 0.202 e. The lowest BCUT2D eigenvalue weighted by Gasteiger charge is -2.20. The highest BCUT2D eigenvalue weighted by atomic mass is 35.5. The van der Waals surface area contributed by atoms with Crippen molar-refractivity contribution in [1.82, 2.24) is 9.36 Å². The Bertz CT molecular complexity index is 336. The molecular weight excluding hydrogens is 242 g/mol. The summed E-state index contributed by atoms with van der Waals surface area (Å²) in [6, 6.07) is 0.400. The molecule has 0 spiro atoms. The monoisotopic (exact) mass is 259 g/mol. The van der Waals surface area contributed by atoms with E-state index in [0.717, 1.165) is 17.4 Å². The van der Waals surface area contributed by atoms with Crippen LogP contribution in [0.2, 0.25) is 0 Å². The molecule has 0 aromatic carbocycles. The standard InChI is InChI=1S/C11H18ClN3S/c1-7(2)9(5-6-12)13-11-14-10(15-16-11)8-3-4-8/h7-9H,3-6H2,1-2H3,(H,13,14,15). The minimum atomic E-state index is 0.400. The number of nitrogens with zero attached hydrogens (tertiary/aromatic N) is 2. The van der Waals surface area contributed by atoms with E-state index >= 15 is 0 Å². The van der Waals surface area contributed by atoms with Gasteiger partial charge in [0, 0.05) is 29.4 Å². The van der Waals surface area contributed by atoms with Crippen molar-refractivity contribution in [2.75, 3.05) is 11.2 Å². The van der Waals surface area contributed by atoms with Gasteiger partial charge in [-0.2, -0.15) is 4.37 Å². The van der Waals surface area contributed by atoms with Gasteiger partial charge in [-0.3, -0.25) is 0 Å². The summed E-state index contributed by atoms with van der Waals surface area (Å²) in [5.74, 6) is 2.91. The Kier molecular flexibility index (Phi) is 4.03. The van der Waals surface area contributed by atoms with E-state index in [2.05, 4.69) is 28.5 Å². The first-order chi connectivity index (χ1) is 7.70. The predicted molar refractivity (Wildman–Crippen MR) is 69.5 cm³/mol. The van der Waals surface area contributed by atoms with E-state index in [1.54, 1.807) is 0 Å². The third-order valence-corrected chi connectivity index (χ3v) is 3.80. The third kappa shape index (κ3) is 3.08. The van der Waals surface area contributed by atoms with Crippen LogP contribution in [0.25, 0.3) is 0 Å². The van der Waals surface area contributed by atoms with Crippen LogP contribution < -0.4 is 5.32 Å². The second kappa shape index (κ2) is 5.32. The molecule has 0 amide bonds. The van der Waals surface area contributed by atoms with Crippen LogP contribution in [-0.4, -0.2) is 21.3 Å². The van der Waals surface area contributed by atoms with Gasteiger partial charge in [-0.15, -0.1) is 11.6 Å². The molecule has 1 unspecified atom stereocenters. The molecule has 3 nitrogen and oxygen atoms in total. The zero-order valence-corrected chi connectivity index (χ0v) is 11.3. The molecule has 0 saturated heterocycles. The molecule has 0 radical (unpaired) electrons. The molecule has 1 aliphatic carbocycles. The zero-order chi connectivity index (χ0) is 11.5. The van der Waals surface area contributed by atoms with Gasteiger partial charge in [-0.1, -0.05) is 13.8 Å². The van der Waals surface area contributed by atoms with Gasteiger partial charge in [0.25, 0.3) is 0 Å². The molecule has 5 heteroatoms. The van der Waals surface area contributed by atoms with Gasteiger partial charge in [0.15, 0.2) is 0 Å². The molecule has 1 aromatic heterocycles. The maximum atomic E-state index is 5.80. The van der Waals surface area contributed by atoms with Crippen LogP contribution in [-0.2, 0) is 0 Å². The first-order valence-electron chi connectivity index (χ1n) is 5.86. The Labute approximate surface area is 106 Å². The summed E-state index contributed by atoms with van der Waals surface area (Å²) in [4.78, 5) is 4.53. The maximum absolute atomic E-state index is 5.80. The highest BCUT2D eigenvalue weighted by molar-refractivity contribution is 7.09. The summed E-state index contributed by atoms with van der Waals surface area (Å²) in [7, 11) is 0. The van der Waals surface area contributed by atoms with E-state index in [9.17, 15) is 0 Å². The average Bonchev–Trinajstić information content (AvgIpc) is 2.99. The van der Waals surface area contributed by atoms with Gasteiger partial charge in [0.05, 0.1) is 0 Å². The number of rotatable bonds is 6. The zero-order valence-electron chi connectivity index (χ0n) is 9.74. The largest absolute Gasteiger partial charge is 0.357 e. The average molecular weight is 260 g/mol. The number of alkyl halides is 1. The minimum Gasteiger partial charge on any atom is -0.357 e. The van der Waals surface area contributed by atoms with Gasteiger partial charge >= 0.3 is 0 Å². The Balaban J connectivity index is 1.94. The molecule has 1 aromatic rings. The van der Waals surface area contributed by atoms with E-state index in [4.69, 9.17) is 11.6 Å². The number of aromatic nitrogens is 2. The number of halogens is 1. The lowest BCUT2D eigenvalue weighted by atomic mass is 10.0. The van der Waals surface area contributed by atoms with Crippen LogP contribution in [0, 0.1) is 5.92 Å². The maximum Gasteiger partial charge on any atom is 0.202 e. The van der Waals surface area contributed by atoms with Crippen molar-refractivity contribution >= 4 is 28.3 Å². The van der Waals surface area contributed by atoms with Crippen molar-refractivity contribution < 1.29 is 0 Å². The summed E-state index contributed by atoms with van der Waals surface area (Å²) in [5.41, 5.74) is 0. The highest BCUT2D eigenvalue weighted by Crippen LogP contribution is 2.39. The first-order valence-corrected chi connectivity index (χ1v) is 7.17. The number of hydrogen-bond acceptors (Lipinski definition) is 4. The van der Waals surface area contributed by atoms with Gasteiger partial charge < -0.3 is 5.32 Å². The van der Waals surface area contributed by atoms with Crippen LogP contribution in [0.5, 0.6) is 0 Å². The van der Waals surface area contributed by atoms with Crippen LogP contribution in [0.1, 0.15) is 44.9 Å². The van der Waals surface area contributed by atoms with Gasteiger partial charge in [-0.25, -0.2) is 4.98 Å². The molecule has 1 aliphatic rings. The summed E-state index contributed by atoms with van der Waals surface area (Å²) >= 11 is 7.27. The number of hydrogen-bond donors (Lipinski definition) is 1. The van der Waals surface area contributed by atoms with E-state index in [1.165, 1.54) is 24.4 Å². The molecule has 1 saturated carbocycles. The second-order valence-corrected chi connectivity index (χ2v) is 5.83. The van der Waals surface area contributed by atoms with Gasteiger partial charge in [0.2, 0.25) is 5.13 Å². The molecule has 1 fully saturated rings. The minimum absolute atomic E-state index is 0.400. The predicted octanol–water partition coefficient (Wildman–Crippen LogP) is 3.48. The molecular formula is C11H18ClN3S. The van der Waals surface area contributed by atoms with Crippen molar-refractivity contribution in [2.24, 2.45) is 5.92 Å². The normalized spacial score (nSPS) is 17.8. The Morgan fingerprint density at radius 2 is 2.25 bits per heavy atom. The molecule has 0 aliphatic heterocycles. The second-order valence-electron chi connectivity index (χ2n) is 4.70. The molecule has 1 heterocycles. The van der Waals surface area contributed by atoms with Crippen LogP contribution in [0.4, 0.5) is 5.13 Å². The molecule has 90 valence electrons. The van der Waals surface area contributed by atoms with Gasteiger partial charge in [0.1, 0.15) is 5.82 Å². The van der Waals surface area contributed by atoms with E-state index in [0.29, 0.717) is 23.8 Å². The van der Waals surface area contributed by atoms with Crippen LogP contribution in [0.3, 0.4) is 0 Å². The Hall–Kier alpha value is -0.350. The molecule has 1 atom stereocenters. The van der Waals surface area contributed by atoms with Crippen molar-refractivity contribution in [1.29, 1.82) is 0 Å². The quantitative estimate of drug-likeness (QED) is 0.795. The first kappa shape index (κ1) is 12.1. The topological polar surface area (TPSA) is 37.8 Å². The van der Waals surface area contributed by atoms with E-state index in [-0.39, 0.29) is 0 Å². The number of nitrogens with one attached hydrogen (secondary N) is 1. The van der Waals surface area contributed by atoms with Crippen LogP contribution in [0.15, 0.2) is 0 Å². The molecule has 16 heavy (non-hydrogen) atoms. The SMILES string of the molecule is CC(C)C(CCCl)Nc1nc(C2CC2)ns1. The fourth-order valence-corrected chi connectivity index (χ4v) is 2.59. The fraction of sp³-hybridized carbons (Fsp3) is 0.818. The molecule has 1 N–H and O–H groups in total. The van der Waals surface area contributed by atoms with E-state index < -0.39 is 0 Å². The summed E-state index contributed by atoms with van der Waals surface area (Å²) in [5, 5.41) is 4.39. The Morgan fingerprint density at radius 1 is 1.50 bits per heavy atom. The van der Waals surface area contributed by atoms with Crippen LogP contribution >= 0.6 is 23.1 Å². The van der Waals surface area contributed by atoms with E-state index in [1.807, 2.05) is 0 Å². The van der Waals surface area contributed by atoms with Gasteiger partial charge in [-0.05, 0) is 25.2 Å². The molecule has 0 bridgehead atoms. The Morgan fingerprint density at radius 3 is 2.81 bits per heavy atom. The lowest BCUT2D eigenvalue weighted by molar-refractivity contribution is 0.513. The van der Waals surface area contributed by atoms with Crippen molar-refractivity contribution in [3.05, 3.63) is 5.82 Å². The third-order valence-electron chi connectivity index (χ3n) is 2.92. The summed E-state index contributed by atoms with van der Waals surface area (Å²) in [6.45, 7) is 4.40. The summed E-state index contributed by atoms with van der Waals surface area (Å²) < 4.78 is 4.39. The number of anilines is 1. The molecule has 2 rings (SSSR count). The fourth-order valence-electron chi connectivity index (χ4n) is 1.65. The van der Waals surface area contributed by atoms with Crippen molar-refractivity contribution in [3.8, 4) is 0 Å².